The highest BCUT2D eigenvalue weighted by molar-refractivity contribution is 5.68. The van der Waals surface area contributed by atoms with E-state index in [2.05, 4.69) is 5.32 Å². The van der Waals surface area contributed by atoms with E-state index in [9.17, 15) is 4.79 Å². The quantitative estimate of drug-likeness (QED) is 0.674. The lowest BCUT2D eigenvalue weighted by Gasteiger charge is -2.25. The van der Waals surface area contributed by atoms with Gasteiger partial charge in [-0.25, -0.2) is 9.59 Å². The van der Waals surface area contributed by atoms with Crippen LogP contribution in [0.1, 0.15) is 52.9 Å². The maximum Gasteiger partial charge on any atom is 0.503 e. The third-order valence-corrected chi connectivity index (χ3v) is 2.33. The number of carboxylic acid groups (broad SMARTS) is 2. The fraction of sp³-hybridized carbons (Fsp3) is 0.833. The average molecular weight is 261 g/mol. The molecule has 3 N–H and O–H groups in total. The zero-order valence-electron chi connectivity index (χ0n) is 11.2. The predicted octanol–water partition coefficient (Wildman–Crippen LogP) is 3.07. The van der Waals surface area contributed by atoms with Crippen molar-refractivity contribution in [3.63, 3.8) is 0 Å². The van der Waals surface area contributed by atoms with Crippen molar-refractivity contribution in [2.45, 2.75) is 64.5 Å². The molecule has 0 aromatic heterocycles. The second-order valence-corrected chi connectivity index (χ2v) is 5.26. The Labute approximate surface area is 107 Å². The summed E-state index contributed by atoms with van der Waals surface area (Å²) in [5.74, 6) is 0. The molecular weight excluding hydrogens is 238 g/mol. The molecule has 1 rings (SSSR count). The highest BCUT2D eigenvalue weighted by Crippen LogP contribution is 2.18. The maximum absolute atomic E-state index is 11.4. The van der Waals surface area contributed by atoms with Gasteiger partial charge in [0.05, 0.1) is 0 Å². The molecule has 1 fully saturated rings. The zero-order valence-corrected chi connectivity index (χ0v) is 11.2. The van der Waals surface area contributed by atoms with E-state index in [4.69, 9.17) is 19.7 Å². The van der Waals surface area contributed by atoms with Crippen LogP contribution in [0.5, 0.6) is 0 Å². The minimum absolute atomic E-state index is 0.274. The molecule has 1 amide bonds. The first kappa shape index (κ1) is 16.5. The van der Waals surface area contributed by atoms with E-state index in [1.165, 1.54) is 19.3 Å². The van der Waals surface area contributed by atoms with Gasteiger partial charge in [-0.3, -0.25) is 0 Å². The molecule has 1 saturated carbocycles. The first-order valence-electron chi connectivity index (χ1n) is 6.12. The molecule has 18 heavy (non-hydrogen) atoms. The molecule has 0 spiro atoms. The highest BCUT2D eigenvalue weighted by Gasteiger charge is 2.20. The average Bonchev–Trinajstić information content (AvgIpc) is 2.14. The van der Waals surface area contributed by atoms with Crippen LogP contribution in [0.3, 0.4) is 0 Å². The van der Waals surface area contributed by atoms with Gasteiger partial charge in [0.2, 0.25) is 0 Å². The molecule has 0 heterocycles. The normalized spacial score (nSPS) is 16.2. The number of hydrogen-bond acceptors (Lipinski definition) is 3. The molecule has 0 aromatic rings. The van der Waals surface area contributed by atoms with Crippen molar-refractivity contribution < 1.29 is 24.5 Å². The van der Waals surface area contributed by atoms with Crippen LogP contribution >= 0.6 is 0 Å². The number of rotatable bonds is 1. The summed E-state index contributed by atoms with van der Waals surface area (Å²) in [6, 6.07) is 0.332. The van der Waals surface area contributed by atoms with E-state index in [0.29, 0.717) is 6.04 Å². The van der Waals surface area contributed by atoms with Crippen molar-refractivity contribution in [2.75, 3.05) is 0 Å². The number of ether oxygens (including phenoxy) is 1. The Morgan fingerprint density at radius 1 is 1.11 bits per heavy atom. The molecule has 6 nitrogen and oxygen atoms in total. The molecule has 0 unspecified atom stereocenters. The smallest absolute Gasteiger partial charge is 0.450 e. The van der Waals surface area contributed by atoms with E-state index < -0.39 is 11.8 Å². The van der Waals surface area contributed by atoms with Gasteiger partial charge < -0.3 is 20.3 Å². The fourth-order valence-corrected chi connectivity index (χ4v) is 1.72. The number of nitrogens with one attached hydrogen (secondary N) is 1. The molecule has 106 valence electrons. The summed E-state index contributed by atoms with van der Waals surface area (Å²) in [6.07, 6.45) is 3.83. The van der Waals surface area contributed by atoms with Crippen LogP contribution in [0.25, 0.3) is 0 Å². The number of carbonyl (C=O) groups excluding carboxylic acids is 1. The van der Waals surface area contributed by atoms with Crippen LogP contribution < -0.4 is 5.32 Å². The summed E-state index contributed by atoms with van der Waals surface area (Å²) in [4.78, 5) is 19.9. The Balaban J connectivity index is 0.000000631. The van der Waals surface area contributed by atoms with Crippen LogP contribution in [0, 0.1) is 0 Å². The lowest BCUT2D eigenvalue weighted by molar-refractivity contribution is 0.0493. The Hall–Kier alpha value is -1.46. The van der Waals surface area contributed by atoms with Gasteiger partial charge in [-0.15, -0.1) is 0 Å². The molecule has 0 radical (unpaired) electrons. The number of alkyl carbamates (subject to hydrolysis) is 1. The summed E-state index contributed by atoms with van der Waals surface area (Å²) < 4.78 is 5.19. The van der Waals surface area contributed by atoms with E-state index >= 15 is 0 Å². The molecular formula is C12H23NO5. The van der Waals surface area contributed by atoms with Gasteiger partial charge in [0.15, 0.2) is 0 Å². The van der Waals surface area contributed by atoms with Gasteiger partial charge in [0.1, 0.15) is 5.60 Å². The van der Waals surface area contributed by atoms with Gasteiger partial charge >= 0.3 is 12.2 Å². The minimum atomic E-state index is -1.83. The molecule has 1 aliphatic rings. The zero-order chi connectivity index (χ0) is 14.2. The second-order valence-electron chi connectivity index (χ2n) is 5.26. The maximum atomic E-state index is 11.4. The standard InChI is InChI=1S/C11H21NO2.CH2O3/c1-11(2,3)14-10(13)12-9-7-5-4-6-8-9;2-1(3)4/h9H,4-8H2,1-3H3,(H,12,13);(H2,2,3,4). The summed E-state index contributed by atoms with van der Waals surface area (Å²) in [6.45, 7) is 5.65. The summed E-state index contributed by atoms with van der Waals surface area (Å²) in [5, 5.41) is 16.9. The lowest BCUT2D eigenvalue weighted by atomic mass is 9.96. The van der Waals surface area contributed by atoms with Crippen LogP contribution in [0.15, 0.2) is 0 Å². The monoisotopic (exact) mass is 261 g/mol. The predicted molar refractivity (Wildman–Crippen MR) is 66.9 cm³/mol. The van der Waals surface area contributed by atoms with Crippen molar-refractivity contribution in [1.29, 1.82) is 0 Å². The third kappa shape index (κ3) is 11.0. The van der Waals surface area contributed by atoms with Crippen molar-refractivity contribution >= 4 is 12.2 Å². The van der Waals surface area contributed by atoms with Crippen molar-refractivity contribution in [2.24, 2.45) is 0 Å². The molecule has 0 saturated heterocycles. The minimum Gasteiger partial charge on any atom is -0.450 e. The molecule has 1 aliphatic carbocycles. The van der Waals surface area contributed by atoms with E-state index in [-0.39, 0.29) is 6.09 Å². The summed E-state index contributed by atoms with van der Waals surface area (Å²) in [5.41, 5.74) is -0.390. The van der Waals surface area contributed by atoms with E-state index in [1.807, 2.05) is 20.8 Å². The van der Waals surface area contributed by atoms with Gasteiger partial charge in [0, 0.05) is 6.04 Å². The Bertz CT molecular complexity index is 262. The Morgan fingerprint density at radius 3 is 1.94 bits per heavy atom. The van der Waals surface area contributed by atoms with Gasteiger partial charge in [-0.05, 0) is 33.6 Å². The van der Waals surface area contributed by atoms with E-state index in [0.717, 1.165) is 12.8 Å². The van der Waals surface area contributed by atoms with Gasteiger partial charge in [-0.2, -0.15) is 0 Å². The third-order valence-electron chi connectivity index (χ3n) is 2.33. The largest absolute Gasteiger partial charge is 0.503 e. The number of hydrogen-bond donors (Lipinski definition) is 3. The second kappa shape index (κ2) is 7.79. The number of amides is 1. The van der Waals surface area contributed by atoms with Crippen LogP contribution in [0.2, 0.25) is 0 Å². The molecule has 0 aromatic carbocycles. The summed E-state index contributed by atoms with van der Waals surface area (Å²) in [7, 11) is 0. The topological polar surface area (TPSA) is 95.9 Å². The molecule has 0 atom stereocenters. The molecule has 0 aliphatic heterocycles. The SMILES string of the molecule is CC(C)(C)OC(=O)NC1CCCCC1.O=C(O)O. The van der Waals surface area contributed by atoms with Gasteiger partial charge in [-0.1, -0.05) is 19.3 Å². The van der Waals surface area contributed by atoms with Gasteiger partial charge in [0.25, 0.3) is 0 Å². The summed E-state index contributed by atoms with van der Waals surface area (Å²) >= 11 is 0. The van der Waals surface area contributed by atoms with Crippen LogP contribution in [-0.4, -0.2) is 34.1 Å². The van der Waals surface area contributed by atoms with Crippen molar-refractivity contribution in [3.05, 3.63) is 0 Å². The van der Waals surface area contributed by atoms with E-state index in [1.54, 1.807) is 0 Å². The van der Waals surface area contributed by atoms with Crippen molar-refractivity contribution in [3.8, 4) is 0 Å². The first-order chi connectivity index (χ1) is 8.20. The lowest BCUT2D eigenvalue weighted by Crippen LogP contribution is -2.39. The highest BCUT2D eigenvalue weighted by atomic mass is 16.6. The molecule has 6 heteroatoms. The van der Waals surface area contributed by atoms with Crippen molar-refractivity contribution in [1.82, 2.24) is 5.32 Å². The van der Waals surface area contributed by atoms with Crippen LogP contribution in [0.4, 0.5) is 9.59 Å². The Kier molecular flexibility index (Phi) is 7.16. The Morgan fingerprint density at radius 2 is 1.56 bits per heavy atom. The fourth-order valence-electron chi connectivity index (χ4n) is 1.72. The van der Waals surface area contributed by atoms with Crippen LogP contribution in [-0.2, 0) is 4.74 Å². The molecule has 0 bridgehead atoms. The first-order valence-corrected chi connectivity index (χ1v) is 6.12. The number of carbonyl (C=O) groups is 2.